The van der Waals surface area contributed by atoms with E-state index in [-0.39, 0.29) is 24.7 Å². The van der Waals surface area contributed by atoms with Gasteiger partial charge in [-0.25, -0.2) is 0 Å². The average molecular weight is 277 g/mol. The molecule has 1 aliphatic rings. The maximum absolute atomic E-state index is 11.9. The van der Waals surface area contributed by atoms with E-state index in [1.807, 2.05) is 30.3 Å². The summed E-state index contributed by atoms with van der Waals surface area (Å²) >= 11 is 0. The Labute approximate surface area is 120 Å². The maximum Gasteiger partial charge on any atom is 0.220 e. The highest BCUT2D eigenvalue weighted by atomic mass is 16.5. The molecule has 20 heavy (non-hydrogen) atoms. The fourth-order valence-electron chi connectivity index (χ4n) is 2.52. The highest BCUT2D eigenvalue weighted by molar-refractivity contribution is 5.76. The summed E-state index contributed by atoms with van der Waals surface area (Å²) in [5, 5.41) is 12.3. The Bertz CT molecular complexity index is 401. The van der Waals surface area contributed by atoms with Crippen LogP contribution in [0.3, 0.4) is 0 Å². The van der Waals surface area contributed by atoms with E-state index < -0.39 is 0 Å². The highest BCUT2D eigenvalue weighted by Crippen LogP contribution is 2.16. The first kappa shape index (κ1) is 15.0. The van der Waals surface area contributed by atoms with E-state index in [9.17, 15) is 9.90 Å². The third kappa shape index (κ3) is 4.94. The molecule has 2 rings (SSSR count). The highest BCUT2D eigenvalue weighted by Gasteiger charge is 2.18. The van der Waals surface area contributed by atoms with E-state index in [4.69, 9.17) is 4.74 Å². The fraction of sp³-hybridized carbons (Fsp3) is 0.562. The van der Waals surface area contributed by atoms with Crippen LogP contribution in [0.25, 0.3) is 0 Å². The Balaban J connectivity index is 1.72. The van der Waals surface area contributed by atoms with Crippen molar-refractivity contribution < 1.29 is 14.6 Å². The summed E-state index contributed by atoms with van der Waals surface area (Å²) in [7, 11) is 0. The summed E-state index contributed by atoms with van der Waals surface area (Å²) in [6.45, 7) is 0.778. The Morgan fingerprint density at radius 3 is 2.85 bits per heavy atom. The number of carbonyl (C=O) groups is 1. The molecule has 0 spiro atoms. The number of amides is 1. The summed E-state index contributed by atoms with van der Waals surface area (Å²) < 4.78 is 5.50. The summed E-state index contributed by atoms with van der Waals surface area (Å²) in [6.07, 6.45) is 4.29. The monoisotopic (exact) mass is 277 g/mol. The molecule has 2 unspecified atom stereocenters. The standard InChI is InChI=1S/C16H23NO3/c18-12-14(11-13-5-2-1-3-6-13)17-16(19)9-8-15-7-4-10-20-15/h1-3,5-6,14-15,18H,4,7-12H2,(H,17,19). The normalized spacial score (nSPS) is 19.8. The zero-order chi connectivity index (χ0) is 14.2. The number of aliphatic hydroxyl groups excluding tert-OH is 1. The summed E-state index contributed by atoms with van der Waals surface area (Å²) in [5.41, 5.74) is 1.12. The molecule has 1 amide bonds. The smallest absolute Gasteiger partial charge is 0.220 e. The topological polar surface area (TPSA) is 58.6 Å². The van der Waals surface area contributed by atoms with Crippen molar-refractivity contribution in [1.29, 1.82) is 0 Å². The van der Waals surface area contributed by atoms with Crippen LogP contribution in [0.2, 0.25) is 0 Å². The van der Waals surface area contributed by atoms with Gasteiger partial charge < -0.3 is 15.2 Å². The zero-order valence-electron chi connectivity index (χ0n) is 11.8. The first-order chi connectivity index (χ1) is 9.78. The van der Waals surface area contributed by atoms with Crippen LogP contribution in [0.1, 0.15) is 31.2 Å². The van der Waals surface area contributed by atoms with Crippen molar-refractivity contribution in [2.45, 2.75) is 44.2 Å². The number of ether oxygens (including phenoxy) is 1. The zero-order valence-corrected chi connectivity index (χ0v) is 11.8. The molecule has 1 aliphatic heterocycles. The Kier molecular flexibility index (Phi) is 6.02. The predicted molar refractivity (Wildman–Crippen MR) is 77.4 cm³/mol. The number of carbonyl (C=O) groups excluding carboxylic acids is 1. The molecule has 1 fully saturated rings. The lowest BCUT2D eigenvalue weighted by molar-refractivity contribution is -0.122. The largest absolute Gasteiger partial charge is 0.394 e. The molecule has 2 atom stereocenters. The van der Waals surface area contributed by atoms with E-state index >= 15 is 0 Å². The van der Waals surface area contributed by atoms with Gasteiger partial charge in [0.15, 0.2) is 0 Å². The lowest BCUT2D eigenvalue weighted by atomic mass is 10.1. The van der Waals surface area contributed by atoms with Crippen molar-refractivity contribution in [3.8, 4) is 0 Å². The second-order valence-corrected chi connectivity index (χ2v) is 5.31. The molecule has 4 nitrogen and oxygen atoms in total. The van der Waals surface area contributed by atoms with Crippen molar-refractivity contribution >= 4 is 5.91 Å². The van der Waals surface area contributed by atoms with E-state index in [1.54, 1.807) is 0 Å². The van der Waals surface area contributed by atoms with Gasteiger partial charge in [-0.15, -0.1) is 0 Å². The number of hydrogen-bond donors (Lipinski definition) is 2. The molecule has 0 bridgehead atoms. The van der Waals surface area contributed by atoms with Crippen molar-refractivity contribution in [3.05, 3.63) is 35.9 Å². The number of benzene rings is 1. The van der Waals surface area contributed by atoms with Crippen LogP contribution in [0, 0.1) is 0 Å². The van der Waals surface area contributed by atoms with Gasteiger partial charge in [0.2, 0.25) is 5.91 Å². The SMILES string of the molecule is O=C(CCC1CCCO1)NC(CO)Cc1ccccc1. The van der Waals surface area contributed by atoms with Crippen molar-refractivity contribution in [2.24, 2.45) is 0 Å². The minimum absolute atomic E-state index is 0.00418. The van der Waals surface area contributed by atoms with E-state index in [0.717, 1.165) is 31.4 Å². The molecule has 110 valence electrons. The van der Waals surface area contributed by atoms with Crippen LogP contribution in [-0.4, -0.2) is 36.4 Å². The molecule has 0 aromatic heterocycles. The molecule has 1 saturated heterocycles. The van der Waals surface area contributed by atoms with Crippen LogP contribution in [0.4, 0.5) is 0 Å². The molecule has 4 heteroatoms. The van der Waals surface area contributed by atoms with Gasteiger partial charge in [-0.05, 0) is 31.2 Å². The van der Waals surface area contributed by atoms with Gasteiger partial charge in [0.1, 0.15) is 0 Å². The third-order valence-corrected chi connectivity index (χ3v) is 3.63. The lowest BCUT2D eigenvalue weighted by Crippen LogP contribution is -2.39. The van der Waals surface area contributed by atoms with Crippen LogP contribution in [0.15, 0.2) is 30.3 Å². The first-order valence-corrected chi connectivity index (χ1v) is 7.33. The lowest BCUT2D eigenvalue weighted by Gasteiger charge is -2.17. The number of aliphatic hydroxyl groups is 1. The minimum Gasteiger partial charge on any atom is -0.394 e. The number of nitrogens with one attached hydrogen (secondary N) is 1. The third-order valence-electron chi connectivity index (χ3n) is 3.63. The molecule has 2 N–H and O–H groups in total. The molecule has 1 heterocycles. The summed E-state index contributed by atoms with van der Waals surface area (Å²) in [6, 6.07) is 9.67. The molecule has 1 aromatic rings. The van der Waals surface area contributed by atoms with Crippen molar-refractivity contribution in [2.75, 3.05) is 13.2 Å². The van der Waals surface area contributed by atoms with Crippen LogP contribution >= 0.6 is 0 Å². The van der Waals surface area contributed by atoms with E-state index in [0.29, 0.717) is 12.8 Å². The minimum atomic E-state index is -0.214. The average Bonchev–Trinajstić information content (AvgIpc) is 2.99. The van der Waals surface area contributed by atoms with Crippen LogP contribution in [0.5, 0.6) is 0 Å². The van der Waals surface area contributed by atoms with Gasteiger partial charge in [0.05, 0.1) is 18.8 Å². The van der Waals surface area contributed by atoms with Crippen LogP contribution < -0.4 is 5.32 Å². The van der Waals surface area contributed by atoms with Crippen molar-refractivity contribution in [1.82, 2.24) is 5.32 Å². The molecule has 0 saturated carbocycles. The maximum atomic E-state index is 11.9. The second kappa shape index (κ2) is 8.02. The van der Waals surface area contributed by atoms with Gasteiger partial charge in [-0.2, -0.15) is 0 Å². The van der Waals surface area contributed by atoms with Gasteiger partial charge in [0, 0.05) is 13.0 Å². The predicted octanol–water partition coefficient (Wildman–Crippen LogP) is 1.67. The van der Waals surface area contributed by atoms with Gasteiger partial charge in [-0.3, -0.25) is 4.79 Å². The molecular weight excluding hydrogens is 254 g/mol. The van der Waals surface area contributed by atoms with Crippen LogP contribution in [-0.2, 0) is 16.0 Å². The Morgan fingerprint density at radius 2 is 2.20 bits per heavy atom. The van der Waals surface area contributed by atoms with Gasteiger partial charge in [0.25, 0.3) is 0 Å². The molecule has 0 aliphatic carbocycles. The van der Waals surface area contributed by atoms with Gasteiger partial charge >= 0.3 is 0 Å². The summed E-state index contributed by atoms with van der Waals surface area (Å²) in [4.78, 5) is 11.9. The van der Waals surface area contributed by atoms with Crippen molar-refractivity contribution in [3.63, 3.8) is 0 Å². The number of rotatable bonds is 7. The molecular formula is C16H23NO3. The molecule has 1 aromatic carbocycles. The Hall–Kier alpha value is -1.39. The number of hydrogen-bond acceptors (Lipinski definition) is 3. The fourth-order valence-corrected chi connectivity index (χ4v) is 2.52. The molecule has 0 radical (unpaired) electrons. The second-order valence-electron chi connectivity index (χ2n) is 5.31. The Morgan fingerprint density at radius 1 is 1.40 bits per heavy atom. The quantitative estimate of drug-likeness (QED) is 0.797. The van der Waals surface area contributed by atoms with E-state index in [2.05, 4.69) is 5.32 Å². The van der Waals surface area contributed by atoms with E-state index in [1.165, 1.54) is 0 Å². The van der Waals surface area contributed by atoms with Gasteiger partial charge in [-0.1, -0.05) is 30.3 Å². The first-order valence-electron chi connectivity index (χ1n) is 7.33. The summed E-state index contributed by atoms with van der Waals surface area (Å²) in [5.74, 6) is -0.00418.